The molecule has 0 N–H and O–H groups in total. The summed E-state index contributed by atoms with van der Waals surface area (Å²) in [6.45, 7) is 5.70. The summed E-state index contributed by atoms with van der Waals surface area (Å²) in [5.74, 6) is 0. The summed E-state index contributed by atoms with van der Waals surface area (Å²) < 4.78 is 27.6. The van der Waals surface area contributed by atoms with Gasteiger partial charge in [0.25, 0.3) is 0 Å². The minimum Gasteiger partial charge on any atom is -0.444 e. The molecule has 0 radical (unpaired) electrons. The van der Waals surface area contributed by atoms with E-state index < -0.39 is 21.5 Å². The van der Waals surface area contributed by atoms with Crippen LogP contribution in [0.15, 0.2) is 11.0 Å². The minimum absolute atomic E-state index is 0.105. The summed E-state index contributed by atoms with van der Waals surface area (Å²) in [5, 5.41) is 0. The average Bonchev–Trinajstić information content (AvgIpc) is 2.46. The summed E-state index contributed by atoms with van der Waals surface area (Å²) in [5.41, 5.74) is -0.565. The van der Waals surface area contributed by atoms with Crippen molar-refractivity contribution in [2.24, 2.45) is 0 Å². The van der Waals surface area contributed by atoms with Crippen molar-refractivity contribution in [3.63, 3.8) is 0 Å². The number of carbonyl (C=O) groups excluding carboxylic acids is 1. The number of hydrogen-bond acceptors (Lipinski definition) is 4. The van der Waals surface area contributed by atoms with Gasteiger partial charge in [0.2, 0.25) is 0 Å². The van der Waals surface area contributed by atoms with E-state index in [1.165, 1.54) is 4.90 Å². The van der Waals surface area contributed by atoms with Crippen LogP contribution in [0.5, 0.6) is 0 Å². The molecule has 0 saturated heterocycles. The molecule has 0 bridgehead atoms. The van der Waals surface area contributed by atoms with Crippen LogP contribution in [0, 0.1) is 0 Å². The number of hydrogen-bond donors (Lipinski definition) is 0. The van der Waals surface area contributed by atoms with Crippen molar-refractivity contribution in [1.82, 2.24) is 4.90 Å². The van der Waals surface area contributed by atoms with Gasteiger partial charge in [0.15, 0.2) is 9.84 Å². The maximum Gasteiger partial charge on any atom is 0.410 e. The van der Waals surface area contributed by atoms with Crippen molar-refractivity contribution >= 4 is 15.9 Å². The van der Waals surface area contributed by atoms with E-state index in [4.69, 9.17) is 4.74 Å². The van der Waals surface area contributed by atoms with E-state index in [-0.39, 0.29) is 18.0 Å². The standard InChI is InChI=1S/C10H17NO4S/c1-10(2,3)15-9(12)11-6-5-8(7-11)16(4,13)14/h5H,6-7H2,1-4H3. The Morgan fingerprint density at radius 2 is 2.00 bits per heavy atom. The third-order valence-electron chi connectivity index (χ3n) is 2.01. The molecule has 0 unspecified atom stereocenters. The molecule has 1 amide bonds. The second-order valence-electron chi connectivity index (χ2n) is 4.80. The maximum absolute atomic E-state index is 11.6. The summed E-state index contributed by atoms with van der Waals surface area (Å²) in [6.07, 6.45) is 2.19. The Balaban J connectivity index is 2.61. The largest absolute Gasteiger partial charge is 0.444 e. The quantitative estimate of drug-likeness (QED) is 0.697. The Hall–Kier alpha value is -1.04. The van der Waals surface area contributed by atoms with Crippen LogP contribution in [0.4, 0.5) is 4.79 Å². The molecular weight excluding hydrogens is 230 g/mol. The Bertz CT molecular complexity index is 417. The first-order valence-corrected chi connectivity index (χ1v) is 6.86. The van der Waals surface area contributed by atoms with Crippen molar-refractivity contribution in [1.29, 1.82) is 0 Å². The molecule has 6 heteroatoms. The van der Waals surface area contributed by atoms with Gasteiger partial charge in [-0.2, -0.15) is 0 Å². The second kappa shape index (κ2) is 4.08. The van der Waals surface area contributed by atoms with E-state index in [0.29, 0.717) is 0 Å². The van der Waals surface area contributed by atoms with Crippen LogP contribution < -0.4 is 0 Å². The van der Waals surface area contributed by atoms with Gasteiger partial charge in [0.05, 0.1) is 11.4 Å². The van der Waals surface area contributed by atoms with Crippen LogP contribution in [0.1, 0.15) is 20.8 Å². The molecule has 0 aromatic rings. The zero-order valence-electron chi connectivity index (χ0n) is 9.98. The molecule has 1 aliphatic rings. The Kier molecular flexibility index (Phi) is 3.33. The molecule has 0 aromatic heterocycles. The number of rotatable bonds is 1. The van der Waals surface area contributed by atoms with Crippen LogP contribution in [0.2, 0.25) is 0 Å². The Labute approximate surface area is 96.0 Å². The predicted molar refractivity (Wildman–Crippen MR) is 60.7 cm³/mol. The smallest absolute Gasteiger partial charge is 0.410 e. The lowest BCUT2D eigenvalue weighted by molar-refractivity contribution is 0.0303. The lowest BCUT2D eigenvalue weighted by atomic mass is 10.2. The zero-order valence-corrected chi connectivity index (χ0v) is 10.8. The van der Waals surface area contributed by atoms with Gasteiger partial charge in [-0.05, 0) is 26.8 Å². The van der Waals surface area contributed by atoms with E-state index in [1.54, 1.807) is 26.8 Å². The van der Waals surface area contributed by atoms with Gasteiger partial charge >= 0.3 is 6.09 Å². The molecule has 92 valence electrons. The van der Waals surface area contributed by atoms with Crippen molar-refractivity contribution in [3.05, 3.63) is 11.0 Å². The fraction of sp³-hybridized carbons (Fsp3) is 0.700. The molecule has 1 heterocycles. The fourth-order valence-corrected chi connectivity index (χ4v) is 2.03. The highest BCUT2D eigenvalue weighted by Gasteiger charge is 2.28. The molecular formula is C10H17NO4S. The first-order valence-electron chi connectivity index (χ1n) is 4.96. The monoisotopic (exact) mass is 247 g/mol. The Morgan fingerprint density at radius 1 is 1.44 bits per heavy atom. The maximum atomic E-state index is 11.6. The SMILES string of the molecule is CC(C)(C)OC(=O)N1CC=C(S(C)(=O)=O)C1. The summed E-state index contributed by atoms with van der Waals surface area (Å²) >= 11 is 0. The molecule has 0 saturated carbocycles. The molecule has 0 spiro atoms. The third kappa shape index (κ3) is 3.52. The van der Waals surface area contributed by atoms with Crippen molar-refractivity contribution in [2.75, 3.05) is 19.3 Å². The summed E-state index contributed by atoms with van der Waals surface area (Å²) in [6, 6.07) is 0. The van der Waals surface area contributed by atoms with Crippen LogP contribution >= 0.6 is 0 Å². The summed E-state index contributed by atoms with van der Waals surface area (Å²) in [4.78, 5) is 13.2. The molecule has 0 atom stereocenters. The molecule has 16 heavy (non-hydrogen) atoms. The first kappa shape index (κ1) is 13.0. The topological polar surface area (TPSA) is 63.7 Å². The predicted octanol–water partition coefficient (Wildman–Crippen LogP) is 1.17. The van der Waals surface area contributed by atoms with Gasteiger partial charge < -0.3 is 4.74 Å². The van der Waals surface area contributed by atoms with Gasteiger partial charge in [-0.3, -0.25) is 4.90 Å². The van der Waals surface area contributed by atoms with Crippen LogP contribution in [-0.4, -0.2) is 44.4 Å². The second-order valence-corrected chi connectivity index (χ2v) is 6.87. The number of carbonyl (C=O) groups is 1. The third-order valence-corrected chi connectivity index (χ3v) is 3.26. The van der Waals surface area contributed by atoms with E-state index in [9.17, 15) is 13.2 Å². The molecule has 0 aliphatic carbocycles. The molecule has 1 aliphatic heterocycles. The lowest BCUT2D eigenvalue weighted by Crippen LogP contribution is -2.35. The average molecular weight is 247 g/mol. The van der Waals surface area contributed by atoms with E-state index in [0.717, 1.165) is 6.26 Å². The minimum atomic E-state index is -3.20. The molecule has 5 nitrogen and oxygen atoms in total. The first-order chi connectivity index (χ1) is 7.09. The number of nitrogens with zero attached hydrogens (tertiary/aromatic N) is 1. The van der Waals surface area contributed by atoms with Crippen molar-refractivity contribution < 1.29 is 17.9 Å². The van der Waals surface area contributed by atoms with Gasteiger partial charge in [-0.25, -0.2) is 13.2 Å². The highest BCUT2D eigenvalue weighted by Crippen LogP contribution is 2.17. The number of amides is 1. The van der Waals surface area contributed by atoms with Gasteiger partial charge in [0, 0.05) is 12.8 Å². The van der Waals surface area contributed by atoms with E-state index >= 15 is 0 Å². The van der Waals surface area contributed by atoms with E-state index in [2.05, 4.69) is 0 Å². The van der Waals surface area contributed by atoms with E-state index in [1.807, 2.05) is 0 Å². The van der Waals surface area contributed by atoms with Crippen LogP contribution in [0.3, 0.4) is 0 Å². The van der Waals surface area contributed by atoms with Gasteiger partial charge in [-0.15, -0.1) is 0 Å². The summed E-state index contributed by atoms with van der Waals surface area (Å²) in [7, 11) is -3.20. The highest BCUT2D eigenvalue weighted by molar-refractivity contribution is 7.94. The highest BCUT2D eigenvalue weighted by atomic mass is 32.2. The van der Waals surface area contributed by atoms with Crippen LogP contribution in [0.25, 0.3) is 0 Å². The number of sulfone groups is 1. The van der Waals surface area contributed by atoms with Crippen molar-refractivity contribution in [3.8, 4) is 0 Å². The fourth-order valence-electron chi connectivity index (χ4n) is 1.26. The number of ether oxygens (including phenoxy) is 1. The lowest BCUT2D eigenvalue weighted by Gasteiger charge is -2.24. The molecule has 1 rings (SSSR count). The van der Waals surface area contributed by atoms with Gasteiger partial charge in [0.1, 0.15) is 5.60 Å². The zero-order chi connectivity index (χ0) is 12.6. The van der Waals surface area contributed by atoms with Crippen LogP contribution in [-0.2, 0) is 14.6 Å². The Morgan fingerprint density at radius 3 is 2.38 bits per heavy atom. The molecule has 0 aromatic carbocycles. The normalized spacial score (nSPS) is 17.2. The molecule has 0 fully saturated rings. The van der Waals surface area contributed by atoms with Gasteiger partial charge in [-0.1, -0.05) is 0 Å². The van der Waals surface area contributed by atoms with Crippen molar-refractivity contribution in [2.45, 2.75) is 26.4 Å².